The minimum absolute atomic E-state index is 0.883. The summed E-state index contributed by atoms with van der Waals surface area (Å²) in [6.07, 6.45) is 1.88. The minimum Gasteiger partial charge on any atom is -0.456 e. The molecule has 0 radical (unpaired) electrons. The Bertz CT molecular complexity index is 2770. The summed E-state index contributed by atoms with van der Waals surface area (Å²) in [5.41, 5.74) is 7.53. The van der Waals surface area contributed by atoms with E-state index in [0.29, 0.717) is 0 Å². The number of hydrogen-bond acceptors (Lipinski definition) is 5. The van der Waals surface area contributed by atoms with Gasteiger partial charge in [0, 0.05) is 48.2 Å². The average molecular weight is 625 g/mol. The van der Waals surface area contributed by atoms with Crippen molar-refractivity contribution in [2.24, 2.45) is 0 Å². The van der Waals surface area contributed by atoms with Gasteiger partial charge in [0.25, 0.3) is 0 Å². The molecule has 0 N–H and O–H groups in total. The molecule has 0 bridgehead atoms. The summed E-state index contributed by atoms with van der Waals surface area (Å²) in [6.45, 7) is 0. The molecule has 0 spiro atoms. The third-order valence-corrected chi connectivity index (χ3v) is 11.2. The highest BCUT2D eigenvalue weighted by Crippen LogP contribution is 2.48. The number of furan rings is 1. The molecule has 10 rings (SSSR count). The van der Waals surface area contributed by atoms with Gasteiger partial charge >= 0.3 is 0 Å². The number of hydrogen-bond donors (Lipinski definition) is 0. The molecule has 5 heteroatoms. The number of aromatic nitrogens is 1. The van der Waals surface area contributed by atoms with Crippen LogP contribution in [-0.2, 0) is 0 Å². The summed E-state index contributed by atoms with van der Waals surface area (Å²) in [4.78, 5) is 8.13. The maximum atomic E-state index is 6.37. The van der Waals surface area contributed by atoms with Crippen LogP contribution in [-0.4, -0.2) is 4.98 Å². The maximum Gasteiger partial charge on any atom is 0.137 e. The van der Waals surface area contributed by atoms with Crippen molar-refractivity contribution in [1.82, 2.24) is 4.98 Å². The van der Waals surface area contributed by atoms with Crippen molar-refractivity contribution in [3.05, 3.63) is 146 Å². The third-order valence-electron chi connectivity index (χ3n) is 8.96. The zero-order valence-corrected chi connectivity index (χ0v) is 26.1. The predicted molar refractivity (Wildman–Crippen MR) is 197 cm³/mol. The molecule has 0 unspecified atom stereocenters. The lowest BCUT2D eigenvalue weighted by molar-refractivity contribution is 0.669. The summed E-state index contributed by atoms with van der Waals surface area (Å²) in [7, 11) is 0. The quantitative estimate of drug-likeness (QED) is 0.195. The first-order valence-corrected chi connectivity index (χ1v) is 16.9. The topological polar surface area (TPSA) is 29.3 Å². The Morgan fingerprint density at radius 3 is 2.15 bits per heavy atom. The zero-order chi connectivity index (χ0) is 30.2. The van der Waals surface area contributed by atoms with Crippen molar-refractivity contribution in [2.75, 3.05) is 4.90 Å². The highest BCUT2D eigenvalue weighted by Gasteiger charge is 2.22. The van der Waals surface area contributed by atoms with Gasteiger partial charge in [0.15, 0.2) is 0 Å². The van der Waals surface area contributed by atoms with Gasteiger partial charge in [0.05, 0.1) is 21.5 Å². The van der Waals surface area contributed by atoms with E-state index in [9.17, 15) is 0 Å². The van der Waals surface area contributed by atoms with Crippen LogP contribution in [0.15, 0.2) is 150 Å². The van der Waals surface area contributed by atoms with Crippen LogP contribution >= 0.6 is 22.7 Å². The van der Waals surface area contributed by atoms with Crippen LogP contribution in [0.4, 0.5) is 17.1 Å². The number of anilines is 3. The SMILES string of the molecule is c1ccc2c(c1)oc1cccc(N(c3ccc(-c4cccc5sc6ncccc6c45)cc3)c3cccc4c3sc3ccccc34)c12. The monoisotopic (exact) mass is 624 g/mol. The highest BCUT2D eigenvalue weighted by atomic mass is 32.1. The molecule has 6 aromatic carbocycles. The number of para-hydroxylation sites is 1. The van der Waals surface area contributed by atoms with E-state index in [1.807, 2.05) is 29.7 Å². The molecule has 0 fully saturated rings. The molecule has 4 aromatic heterocycles. The van der Waals surface area contributed by atoms with Gasteiger partial charge in [0.2, 0.25) is 0 Å². The fourth-order valence-corrected chi connectivity index (χ4v) is 9.23. The molecule has 216 valence electrons. The largest absolute Gasteiger partial charge is 0.456 e. The number of nitrogens with zero attached hydrogens (tertiary/aromatic N) is 2. The van der Waals surface area contributed by atoms with Crippen LogP contribution in [0.3, 0.4) is 0 Å². The molecule has 10 aromatic rings. The summed E-state index contributed by atoms with van der Waals surface area (Å²) >= 11 is 3.60. The molecule has 0 aliphatic rings. The Morgan fingerprint density at radius 2 is 1.22 bits per heavy atom. The van der Waals surface area contributed by atoms with E-state index < -0.39 is 0 Å². The summed E-state index contributed by atoms with van der Waals surface area (Å²) < 4.78 is 10.2. The first kappa shape index (κ1) is 25.8. The average Bonchev–Trinajstić information content (AvgIpc) is 3.80. The Balaban J connectivity index is 1.22. The van der Waals surface area contributed by atoms with Crippen LogP contribution in [0.2, 0.25) is 0 Å². The lowest BCUT2D eigenvalue weighted by Crippen LogP contribution is -2.10. The lowest BCUT2D eigenvalue weighted by Gasteiger charge is -2.27. The molecule has 3 nitrogen and oxygen atoms in total. The van der Waals surface area contributed by atoms with E-state index >= 15 is 0 Å². The van der Waals surface area contributed by atoms with Crippen molar-refractivity contribution in [2.45, 2.75) is 0 Å². The van der Waals surface area contributed by atoms with Crippen LogP contribution in [0.25, 0.3) is 73.5 Å². The molecule has 0 atom stereocenters. The summed E-state index contributed by atoms with van der Waals surface area (Å²) in [6, 6.07) is 49.9. The van der Waals surface area contributed by atoms with Gasteiger partial charge in [0.1, 0.15) is 16.0 Å². The Morgan fingerprint density at radius 1 is 0.500 bits per heavy atom. The Kier molecular flexibility index (Phi) is 5.61. The summed E-state index contributed by atoms with van der Waals surface area (Å²) in [5.74, 6) is 0. The van der Waals surface area contributed by atoms with Crippen molar-refractivity contribution in [1.29, 1.82) is 0 Å². The number of rotatable bonds is 4. The molecule has 46 heavy (non-hydrogen) atoms. The van der Waals surface area contributed by atoms with E-state index in [-0.39, 0.29) is 0 Å². The second-order valence-electron chi connectivity index (χ2n) is 11.5. The standard InChI is InChI=1S/C41H24N2OS2/c1-3-16-34-30(10-1)39-32(14-7-17-35(39)44-34)43(33-15-5-12-29-28-9-2-4-18-36(28)45-40(29)33)26-22-20-25(21-23-26)27-11-6-19-37-38(27)31-13-8-24-42-41(31)46-37/h1-24H. The normalized spacial score (nSPS) is 11.9. The molecule has 0 aliphatic heterocycles. The zero-order valence-electron chi connectivity index (χ0n) is 24.5. The number of fused-ring (bicyclic) bond motifs is 9. The third kappa shape index (κ3) is 3.79. The van der Waals surface area contributed by atoms with Crippen molar-refractivity contribution in [3.8, 4) is 11.1 Å². The van der Waals surface area contributed by atoms with E-state index in [0.717, 1.165) is 43.8 Å². The molecule has 0 saturated heterocycles. The van der Waals surface area contributed by atoms with Crippen LogP contribution in [0.5, 0.6) is 0 Å². The Hall–Kier alpha value is -5.49. The minimum atomic E-state index is 0.883. The van der Waals surface area contributed by atoms with Gasteiger partial charge in [-0.25, -0.2) is 4.98 Å². The molecule has 0 amide bonds. The van der Waals surface area contributed by atoms with Gasteiger partial charge in [-0.2, -0.15) is 0 Å². The smallest absolute Gasteiger partial charge is 0.137 e. The Labute approximate surface area is 272 Å². The van der Waals surface area contributed by atoms with E-state index in [4.69, 9.17) is 4.42 Å². The van der Waals surface area contributed by atoms with E-state index in [1.54, 1.807) is 11.3 Å². The van der Waals surface area contributed by atoms with E-state index in [1.165, 1.54) is 46.8 Å². The lowest BCUT2D eigenvalue weighted by atomic mass is 9.99. The number of benzene rings is 6. The van der Waals surface area contributed by atoms with Crippen LogP contribution < -0.4 is 4.90 Å². The fraction of sp³-hybridized carbons (Fsp3) is 0. The van der Waals surface area contributed by atoms with Crippen LogP contribution in [0, 0.1) is 0 Å². The van der Waals surface area contributed by atoms with Gasteiger partial charge in [-0.1, -0.05) is 78.9 Å². The van der Waals surface area contributed by atoms with Crippen molar-refractivity contribution >= 4 is 102 Å². The predicted octanol–water partition coefficient (Wildman–Crippen LogP) is 12.9. The van der Waals surface area contributed by atoms with Crippen molar-refractivity contribution < 1.29 is 4.42 Å². The second-order valence-corrected chi connectivity index (χ2v) is 13.6. The van der Waals surface area contributed by atoms with Gasteiger partial charge in [-0.05, 0) is 71.8 Å². The van der Waals surface area contributed by atoms with E-state index in [2.05, 4.69) is 137 Å². The molecule has 0 aliphatic carbocycles. The molecular formula is C41H24N2OS2. The number of pyridine rings is 1. The summed E-state index contributed by atoms with van der Waals surface area (Å²) in [5, 5.41) is 7.26. The fourth-order valence-electron chi connectivity index (χ4n) is 6.95. The van der Waals surface area contributed by atoms with Gasteiger partial charge in [-0.15, -0.1) is 22.7 Å². The molecule has 4 heterocycles. The van der Waals surface area contributed by atoms with Gasteiger partial charge < -0.3 is 9.32 Å². The van der Waals surface area contributed by atoms with Crippen LogP contribution in [0.1, 0.15) is 0 Å². The van der Waals surface area contributed by atoms with Crippen molar-refractivity contribution in [3.63, 3.8) is 0 Å². The highest BCUT2D eigenvalue weighted by molar-refractivity contribution is 7.26. The maximum absolute atomic E-state index is 6.37. The first-order valence-electron chi connectivity index (χ1n) is 15.3. The number of thiophene rings is 2. The molecular weight excluding hydrogens is 601 g/mol. The second kappa shape index (κ2) is 10.0. The molecule has 0 saturated carbocycles. The van der Waals surface area contributed by atoms with Gasteiger partial charge in [-0.3, -0.25) is 0 Å². The first-order chi connectivity index (χ1) is 22.8.